The molecule has 25 heavy (non-hydrogen) atoms. The number of carbonyl (C=O) groups excluding carboxylic acids is 2. The van der Waals surface area contributed by atoms with Crippen molar-refractivity contribution in [3.63, 3.8) is 0 Å². The maximum Gasteiger partial charge on any atom is 0.410 e. The second-order valence-corrected chi connectivity index (χ2v) is 9.84. The molecule has 0 aromatic carbocycles. The summed E-state index contributed by atoms with van der Waals surface area (Å²) in [5.74, 6) is 0.839. The highest BCUT2D eigenvalue weighted by molar-refractivity contribution is 9.10. The Morgan fingerprint density at radius 2 is 2.12 bits per heavy atom. The van der Waals surface area contributed by atoms with Crippen LogP contribution in [0.2, 0.25) is 0 Å². The summed E-state index contributed by atoms with van der Waals surface area (Å²) >= 11 is 4.94. The second kappa shape index (κ2) is 6.87. The number of halogens is 1. The standard InChI is InChI=1S/C17H23BrN2O4S/c1-16(2,3)24-15(22)20-8-6-17(7-9-20)19-14(21)12(25-17)10-11-4-5-13(18)23-11/h4-5,12H,6-10H2,1-3H3,(H,19,21). The van der Waals surface area contributed by atoms with Crippen LogP contribution in [0.15, 0.2) is 21.2 Å². The van der Waals surface area contributed by atoms with Crippen molar-refractivity contribution in [3.8, 4) is 0 Å². The zero-order valence-electron chi connectivity index (χ0n) is 14.6. The van der Waals surface area contributed by atoms with E-state index < -0.39 is 5.60 Å². The van der Waals surface area contributed by atoms with Gasteiger partial charge in [-0.05, 0) is 61.7 Å². The van der Waals surface area contributed by atoms with Crippen LogP contribution < -0.4 is 5.32 Å². The van der Waals surface area contributed by atoms with Gasteiger partial charge in [0.05, 0.1) is 10.1 Å². The first-order valence-corrected chi connectivity index (χ1v) is 10.1. The number of hydrogen-bond donors (Lipinski definition) is 1. The first-order valence-electron chi connectivity index (χ1n) is 8.38. The molecule has 2 aliphatic rings. The lowest BCUT2D eigenvalue weighted by atomic mass is 10.0. The third kappa shape index (κ3) is 4.53. The van der Waals surface area contributed by atoms with Gasteiger partial charge in [-0.15, -0.1) is 11.8 Å². The van der Waals surface area contributed by atoms with Gasteiger partial charge in [-0.25, -0.2) is 4.79 Å². The zero-order chi connectivity index (χ0) is 18.2. The second-order valence-electron chi connectivity index (χ2n) is 7.47. The Labute approximate surface area is 160 Å². The number of hydrogen-bond acceptors (Lipinski definition) is 5. The molecule has 0 saturated carbocycles. The Hall–Kier alpha value is -1.15. The van der Waals surface area contributed by atoms with E-state index in [1.807, 2.05) is 32.9 Å². The SMILES string of the molecule is CC(C)(C)OC(=O)N1CCC2(CC1)NC(=O)C(Cc1ccc(Br)o1)S2. The van der Waals surface area contributed by atoms with Gasteiger partial charge < -0.3 is 19.4 Å². The van der Waals surface area contributed by atoms with Crippen LogP contribution in [-0.4, -0.2) is 45.7 Å². The summed E-state index contributed by atoms with van der Waals surface area (Å²) in [7, 11) is 0. The number of furan rings is 1. The number of ether oxygens (including phenoxy) is 1. The summed E-state index contributed by atoms with van der Waals surface area (Å²) in [4.78, 5) is 26.0. The van der Waals surface area contributed by atoms with Crippen LogP contribution >= 0.6 is 27.7 Å². The number of carbonyl (C=O) groups is 2. The van der Waals surface area contributed by atoms with E-state index in [4.69, 9.17) is 9.15 Å². The van der Waals surface area contributed by atoms with Gasteiger partial charge in [-0.2, -0.15) is 0 Å². The molecule has 0 radical (unpaired) electrons. The molecule has 2 aliphatic heterocycles. The van der Waals surface area contributed by atoms with Crippen molar-refractivity contribution in [1.29, 1.82) is 0 Å². The number of piperidine rings is 1. The van der Waals surface area contributed by atoms with Gasteiger partial charge in [0.1, 0.15) is 11.4 Å². The number of likely N-dealkylation sites (tertiary alicyclic amines) is 1. The Bertz CT molecular complexity index is 662. The van der Waals surface area contributed by atoms with Crippen LogP contribution in [0.4, 0.5) is 4.79 Å². The van der Waals surface area contributed by atoms with Crippen LogP contribution in [0.5, 0.6) is 0 Å². The largest absolute Gasteiger partial charge is 0.454 e. The van der Waals surface area contributed by atoms with Gasteiger partial charge in [-0.3, -0.25) is 4.79 Å². The molecular formula is C17H23BrN2O4S. The lowest BCUT2D eigenvalue weighted by molar-refractivity contribution is -0.120. The third-order valence-electron chi connectivity index (χ3n) is 4.25. The fourth-order valence-corrected chi connectivity index (χ4v) is 4.93. The smallest absolute Gasteiger partial charge is 0.410 e. The molecule has 1 spiro atoms. The Kier molecular flexibility index (Phi) is 5.12. The first kappa shape index (κ1) is 18.6. The van der Waals surface area contributed by atoms with Gasteiger partial charge in [0.15, 0.2) is 4.67 Å². The van der Waals surface area contributed by atoms with E-state index in [0.717, 1.165) is 18.6 Å². The minimum absolute atomic E-state index is 0.0447. The highest BCUT2D eigenvalue weighted by Crippen LogP contribution is 2.42. The van der Waals surface area contributed by atoms with Gasteiger partial charge in [0.2, 0.25) is 5.91 Å². The normalized spacial score (nSPS) is 23.0. The Balaban J connectivity index is 1.56. The average molecular weight is 431 g/mol. The molecule has 6 nitrogen and oxygen atoms in total. The monoisotopic (exact) mass is 430 g/mol. The number of rotatable bonds is 2. The van der Waals surface area contributed by atoms with Crippen LogP contribution in [0.3, 0.4) is 0 Å². The zero-order valence-corrected chi connectivity index (χ0v) is 17.0. The van der Waals surface area contributed by atoms with E-state index in [2.05, 4.69) is 21.2 Å². The summed E-state index contributed by atoms with van der Waals surface area (Å²) in [6.45, 7) is 6.76. The lowest BCUT2D eigenvalue weighted by Gasteiger charge is -2.38. The minimum atomic E-state index is -0.495. The Morgan fingerprint density at radius 1 is 1.44 bits per heavy atom. The fourth-order valence-electron chi connectivity index (χ4n) is 3.06. The van der Waals surface area contributed by atoms with Crippen molar-refractivity contribution in [2.24, 2.45) is 0 Å². The molecule has 3 heterocycles. The topological polar surface area (TPSA) is 71.8 Å². The average Bonchev–Trinajstić information content (AvgIpc) is 3.02. The summed E-state index contributed by atoms with van der Waals surface area (Å²) in [5, 5.41) is 2.98. The predicted octanol–water partition coefficient (Wildman–Crippen LogP) is 3.54. The van der Waals surface area contributed by atoms with E-state index >= 15 is 0 Å². The van der Waals surface area contributed by atoms with E-state index in [1.165, 1.54) is 0 Å². The van der Waals surface area contributed by atoms with E-state index in [1.54, 1.807) is 16.7 Å². The highest BCUT2D eigenvalue weighted by atomic mass is 79.9. The molecule has 0 aliphatic carbocycles. The summed E-state index contributed by atoms with van der Waals surface area (Å²) < 4.78 is 11.6. The molecule has 8 heteroatoms. The minimum Gasteiger partial charge on any atom is -0.454 e. The van der Waals surface area contributed by atoms with Crippen molar-refractivity contribution < 1.29 is 18.7 Å². The molecule has 1 unspecified atom stereocenters. The molecule has 138 valence electrons. The lowest BCUT2D eigenvalue weighted by Crippen LogP contribution is -2.51. The van der Waals surface area contributed by atoms with E-state index in [-0.39, 0.29) is 22.1 Å². The van der Waals surface area contributed by atoms with Crippen LogP contribution in [0, 0.1) is 0 Å². The molecule has 1 aromatic heterocycles. The molecule has 3 rings (SSSR count). The molecule has 2 fully saturated rings. The number of nitrogens with zero attached hydrogens (tertiary/aromatic N) is 1. The van der Waals surface area contributed by atoms with Gasteiger partial charge in [0.25, 0.3) is 0 Å². The van der Waals surface area contributed by atoms with Gasteiger partial charge >= 0.3 is 6.09 Å². The van der Waals surface area contributed by atoms with Crippen molar-refractivity contribution >= 4 is 39.7 Å². The molecule has 0 bridgehead atoms. The molecular weight excluding hydrogens is 408 g/mol. The van der Waals surface area contributed by atoms with Crippen molar-refractivity contribution in [2.45, 2.75) is 55.8 Å². The van der Waals surface area contributed by atoms with Crippen molar-refractivity contribution in [2.75, 3.05) is 13.1 Å². The predicted molar refractivity (Wildman–Crippen MR) is 99.4 cm³/mol. The summed E-state index contributed by atoms with van der Waals surface area (Å²) in [6, 6.07) is 3.72. The summed E-state index contributed by atoms with van der Waals surface area (Å²) in [6.07, 6.45) is 1.73. The molecule has 2 saturated heterocycles. The third-order valence-corrected chi connectivity index (χ3v) is 6.30. The maximum atomic E-state index is 12.4. The van der Waals surface area contributed by atoms with Crippen molar-refractivity contribution in [3.05, 3.63) is 22.6 Å². The van der Waals surface area contributed by atoms with Crippen LogP contribution in [0.25, 0.3) is 0 Å². The molecule has 1 N–H and O–H groups in total. The molecule has 2 amide bonds. The quantitative estimate of drug-likeness (QED) is 0.776. The first-order chi connectivity index (χ1) is 11.7. The number of nitrogens with one attached hydrogen (secondary N) is 1. The van der Waals surface area contributed by atoms with E-state index in [0.29, 0.717) is 24.2 Å². The highest BCUT2D eigenvalue weighted by Gasteiger charge is 2.47. The molecule has 1 atom stereocenters. The number of thioether (sulfide) groups is 1. The maximum absolute atomic E-state index is 12.4. The van der Waals surface area contributed by atoms with Crippen molar-refractivity contribution in [1.82, 2.24) is 10.2 Å². The fraction of sp³-hybridized carbons (Fsp3) is 0.647. The van der Waals surface area contributed by atoms with Crippen LogP contribution in [-0.2, 0) is 16.0 Å². The van der Waals surface area contributed by atoms with Crippen LogP contribution in [0.1, 0.15) is 39.4 Å². The van der Waals surface area contributed by atoms with Gasteiger partial charge in [-0.1, -0.05) is 0 Å². The van der Waals surface area contributed by atoms with Gasteiger partial charge in [0, 0.05) is 19.5 Å². The summed E-state index contributed by atoms with van der Waals surface area (Å²) in [5.41, 5.74) is -0.495. The number of amides is 2. The Morgan fingerprint density at radius 3 is 2.68 bits per heavy atom. The molecule has 1 aromatic rings. The van der Waals surface area contributed by atoms with E-state index in [9.17, 15) is 9.59 Å².